The molecule has 0 saturated carbocycles. The Hall–Kier alpha value is -2.97. The molecule has 1 amide bonds. The molecule has 8 heteroatoms. The number of benzene rings is 2. The molecule has 1 unspecified atom stereocenters. The van der Waals surface area contributed by atoms with Gasteiger partial charge in [0.05, 0.1) is 12.7 Å². The van der Waals surface area contributed by atoms with Crippen LogP contribution in [0.25, 0.3) is 11.4 Å². The van der Waals surface area contributed by atoms with Gasteiger partial charge in [-0.05, 0) is 62.3 Å². The van der Waals surface area contributed by atoms with E-state index in [1.807, 2.05) is 60.9 Å². The summed E-state index contributed by atoms with van der Waals surface area (Å²) in [7, 11) is 0. The van der Waals surface area contributed by atoms with Gasteiger partial charge in [0, 0.05) is 31.7 Å². The van der Waals surface area contributed by atoms with Crippen LogP contribution in [0.2, 0.25) is 0 Å². The van der Waals surface area contributed by atoms with Crippen molar-refractivity contribution >= 4 is 18.1 Å². The van der Waals surface area contributed by atoms with Gasteiger partial charge in [0.15, 0.2) is 10.6 Å². The molecule has 0 spiro atoms. The zero-order valence-corrected chi connectivity index (χ0v) is 19.4. The Morgan fingerprint density at radius 3 is 2.66 bits per heavy atom. The molecule has 0 aliphatic carbocycles. The van der Waals surface area contributed by atoms with Crippen molar-refractivity contribution in [1.82, 2.24) is 20.1 Å². The van der Waals surface area contributed by atoms with Crippen molar-refractivity contribution in [3.05, 3.63) is 64.9 Å². The summed E-state index contributed by atoms with van der Waals surface area (Å²) in [4.78, 5) is 12.3. The van der Waals surface area contributed by atoms with E-state index in [-0.39, 0.29) is 12.0 Å². The van der Waals surface area contributed by atoms with E-state index in [0.29, 0.717) is 43.3 Å². The van der Waals surface area contributed by atoms with E-state index >= 15 is 0 Å². The van der Waals surface area contributed by atoms with Crippen LogP contribution in [0.3, 0.4) is 0 Å². The summed E-state index contributed by atoms with van der Waals surface area (Å²) < 4.78 is 13.7. The van der Waals surface area contributed by atoms with Gasteiger partial charge < -0.3 is 14.8 Å². The molecule has 170 valence electrons. The largest absolute Gasteiger partial charge is 0.494 e. The maximum Gasteiger partial charge on any atom is 0.221 e. The van der Waals surface area contributed by atoms with Crippen molar-refractivity contribution in [2.75, 3.05) is 19.8 Å². The lowest BCUT2D eigenvalue weighted by Gasteiger charge is -2.13. The Labute approximate surface area is 193 Å². The van der Waals surface area contributed by atoms with Crippen LogP contribution < -0.4 is 10.1 Å². The summed E-state index contributed by atoms with van der Waals surface area (Å²) in [6, 6.07) is 17.8. The van der Waals surface area contributed by atoms with E-state index in [2.05, 4.69) is 27.6 Å². The molecule has 3 aromatic rings. The molecule has 3 rings (SSSR count). The standard InChI is InChI=1S/C24H30N4O3S/c1-3-30-21-12-10-20(11-13-21)23-26-27-24(32)28(23)16-14-22(29)25-15-7-17-31-18(2)19-8-5-4-6-9-19/h4-6,8-13,18H,3,7,14-17H2,1-2H3,(H,25,29)(H,27,32). The number of aromatic nitrogens is 3. The summed E-state index contributed by atoms with van der Waals surface area (Å²) in [5.41, 5.74) is 2.06. The van der Waals surface area contributed by atoms with Gasteiger partial charge in [0.2, 0.25) is 5.91 Å². The van der Waals surface area contributed by atoms with Gasteiger partial charge in [-0.1, -0.05) is 30.3 Å². The van der Waals surface area contributed by atoms with Gasteiger partial charge in [-0.3, -0.25) is 14.5 Å². The molecular formula is C24H30N4O3S. The van der Waals surface area contributed by atoms with Crippen molar-refractivity contribution in [1.29, 1.82) is 0 Å². The summed E-state index contributed by atoms with van der Waals surface area (Å²) in [5, 5.41) is 10.1. The molecule has 1 heterocycles. The molecule has 0 bridgehead atoms. The highest BCUT2D eigenvalue weighted by molar-refractivity contribution is 7.71. The van der Waals surface area contributed by atoms with Gasteiger partial charge in [-0.15, -0.1) is 0 Å². The average molecular weight is 455 g/mol. The molecule has 7 nitrogen and oxygen atoms in total. The number of rotatable bonds is 12. The van der Waals surface area contributed by atoms with Crippen LogP contribution in [0, 0.1) is 4.77 Å². The Balaban J connectivity index is 1.42. The summed E-state index contributed by atoms with van der Waals surface area (Å²) in [5.74, 6) is 1.48. The number of amides is 1. The Morgan fingerprint density at radius 1 is 1.19 bits per heavy atom. The second-order valence-electron chi connectivity index (χ2n) is 7.34. The second-order valence-corrected chi connectivity index (χ2v) is 7.73. The number of hydrogen-bond acceptors (Lipinski definition) is 5. The predicted octanol–water partition coefficient (Wildman–Crippen LogP) is 4.68. The van der Waals surface area contributed by atoms with Crippen LogP contribution in [-0.4, -0.2) is 40.4 Å². The van der Waals surface area contributed by atoms with Crippen molar-refractivity contribution in [3.8, 4) is 17.1 Å². The smallest absolute Gasteiger partial charge is 0.221 e. The normalized spacial score (nSPS) is 11.8. The Morgan fingerprint density at radius 2 is 1.94 bits per heavy atom. The van der Waals surface area contributed by atoms with Crippen LogP contribution in [-0.2, 0) is 16.1 Å². The maximum absolute atomic E-state index is 12.3. The predicted molar refractivity (Wildman–Crippen MR) is 127 cm³/mol. The number of aromatic amines is 1. The number of carbonyl (C=O) groups excluding carboxylic acids is 1. The third kappa shape index (κ3) is 6.77. The van der Waals surface area contributed by atoms with Gasteiger partial charge in [-0.2, -0.15) is 5.10 Å². The molecule has 0 fully saturated rings. The fourth-order valence-electron chi connectivity index (χ4n) is 3.29. The van der Waals surface area contributed by atoms with Crippen LogP contribution in [0.4, 0.5) is 0 Å². The first-order valence-corrected chi connectivity index (χ1v) is 11.3. The van der Waals surface area contributed by atoms with Gasteiger partial charge in [-0.25, -0.2) is 0 Å². The van der Waals surface area contributed by atoms with E-state index in [1.54, 1.807) is 0 Å². The van der Waals surface area contributed by atoms with Crippen molar-refractivity contribution in [3.63, 3.8) is 0 Å². The lowest BCUT2D eigenvalue weighted by Crippen LogP contribution is -2.26. The fraction of sp³-hybridized carbons (Fsp3) is 0.375. The van der Waals surface area contributed by atoms with E-state index in [0.717, 1.165) is 23.3 Å². The van der Waals surface area contributed by atoms with Crippen molar-refractivity contribution < 1.29 is 14.3 Å². The number of nitrogens with zero attached hydrogens (tertiary/aromatic N) is 2. The molecule has 32 heavy (non-hydrogen) atoms. The molecule has 1 aromatic heterocycles. The molecule has 2 aromatic carbocycles. The Kier molecular flexibility index (Phi) is 9.01. The van der Waals surface area contributed by atoms with Gasteiger partial charge in [0.1, 0.15) is 5.75 Å². The minimum Gasteiger partial charge on any atom is -0.494 e. The monoisotopic (exact) mass is 454 g/mol. The fourth-order valence-corrected chi connectivity index (χ4v) is 3.52. The molecular weight excluding hydrogens is 424 g/mol. The lowest BCUT2D eigenvalue weighted by atomic mass is 10.1. The third-order valence-corrected chi connectivity index (χ3v) is 5.34. The molecule has 2 N–H and O–H groups in total. The number of hydrogen-bond donors (Lipinski definition) is 2. The van der Waals surface area contributed by atoms with Crippen molar-refractivity contribution in [2.45, 2.75) is 39.3 Å². The average Bonchev–Trinajstić information content (AvgIpc) is 3.19. The highest BCUT2D eigenvalue weighted by Crippen LogP contribution is 2.21. The molecule has 0 saturated heterocycles. The first-order valence-electron chi connectivity index (χ1n) is 10.9. The van der Waals surface area contributed by atoms with Gasteiger partial charge >= 0.3 is 0 Å². The van der Waals surface area contributed by atoms with Gasteiger partial charge in [0.25, 0.3) is 0 Å². The highest BCUT2D eigenvalue weighted by Gasteiger charge is 2.11. The summed E-state index contributed by atoms with van der Waals surface area (Å²) in [6.07, 6.45) is 1.11. The highest BCUT2D eigenvalue weighted by atomic mass is 32.1. The van der Waals surface area contributed by atoms with E-state index < -0.39 is 0 Å². The number of carbonyl (C=O) groups is 1. The second kappa shape index (κ2) is 12.2. The van der Waals surface area contributed by atoms with E-state index in [1.165, 1.54) is 0 Å². The minimum absolute atomic E-state index is 0.0261. The maximum atomic E-state index is 12.3. The SMILES string of the molecule is CCOc1ccc(-c2n[nH]c(=S)n2CCC(=O)NCCCOC(C)c2ccccc2)cc1. The number of H-pyrrole nitrogens is 1. The topological polar surface area (TPSA) is 81.2 Å². The van der Waals surface area contributed by atoms with Crippen LogP contribution in [0.1, 0.15) is 38.4 Å². The minimum atomic E-state index is -0.0261. The third-order valence-electron chi connectivity index (χ3n) is 5.02. The zero-order valence-electron chi connectivity index (χ0n) is 18.5. The molecule has 0 radical (unpaired) electrons. The summed E-state index contributed by atoms with van der Waals surface area (Å²) >= 11 is 5.35. The quantitative estimate of drug-likeness (QED) is 0.307. The van der Waals surface area contributed by atoms with Crippen LogP contribution in [0.15, 0.2) is 54.6 Å². The molecule has 0 aliphatic heterocycles. The van der Waals surface area contributed by atoms with E-state index in [4.69, 9.17) is 21.7 Å². The molecule has 1 atom stereocenters. The van der Waals surface area contributed by atoms with E-state index in [9.17, 15) is 4.79 Å². The molecule has 0 aliphatic rings. The number of nitrogens with one attached hydrogen (secondary N) is 2. The first-order chi connectivity index (χ1) is 15.6. The van der Waals surface area contributed by atoms with Crippen LogP contribution in [0.5, 0.6) is 5.75 Å². The number of ether oxygens (including phenoxy) is 2. The van der Waals surface area contributed by atoms with Crippen LogP contribution >= 0.6 is 12.2 Å². The zero-order chi connectivity index (χ0) is 22.8. The first kappa shape index (κ1) is 23.7. The summed E-state index contributed by atoms with van der Waals surface area (Å²) in [6.45, 7) is 6.21. The Bertz CT molecular complexity index is 1030. The lowest BCUT2D eigenvalue weighted by molar-refractivity contribution is -0.121. The van der Waals surface area contributed by atoms with Crippen molar-refractivity contribution in [2.24, 2.45) is 0 Å².